The molecule has 0 saturated heterocycles. The highest BCUT2D eigenvalue weighted by atomic mass is 79.9. The number of nitrogens with one attached hydrogen (secondary N) is 2. The van der Waals surface area contributed by atoms with E-state index < -0.39 is 0 Å². The van der Waals surface area contributed by atoms with Crippen molar-refractivity contribution < 1.29 is 9.59 Å². The highest BCUT2D eigenvalue weighted by molar-refractivity contribution is 9.10. The molecule has 2 aromatic rings. The second-order valence-corrected chi connectivity index (χ2v) is 5.22. The molecule has 0 aliphatic rings. The summed E-state index contributed by atoms with van der Waals surface area (Å²) in [7, 11) is 0. The predicted octanol–water partition coefficient (Wildman–Crippen LogP) is 3.01. The molecule has 0 unspecified atom stereocenters. The smallest absolute Gasteiger partial charge is 0.274 e. The van der Waals surface area contributed by atoms with Crippen LogP contribution in [-0.4, -0.2) is 23.3 Å². The first-order chi connectivity index (χ1) is 10.6. The van der Waals surface area contributed by atoms with Crippen molar-refractivity contribution in [1.29, 1.82) is 0 Å². The van der Waals surface area contributed by atoms with Gasteiger partial charge in [-0.15, -0.1) is 6.58 Å². The fourth-order valence-electron chi connectivity index (χ4n) is 1.71. The second-order valence-electron chi connectivity index (χ2n) is 4.36. The van der Waals surface area contributed by atoms with Crippen molar-refractivity contribution in [3.05, 3.63) is 71.0 Å². The number of benzene rings is 1. The van der Waals surface area contributed by atoms with Crippen molar-refractivity contribution in [2.24, 2.45) is 0 Å². The van der Waals surface area contributed by atoms with Crippen LogP contribution in [0.1, 0.15) is 20.8 Å². The van der Waals surface area contributed by atoms with Gasteiger partial charge in [0.25, 0.3) is 11.8 Å². The van der Waals surface area contributed by atoms with E-state index in [1.165, 1.54) is 12.3 Å². The van der Waals surface area contributed by atoms with Crippen molar-refractivity contribution in [1.82, 2.24) is 10.3 Å². The van der Waals surface area contributed by atoms with Crippen LogP contribution in [-0.2, 0) is 0 Å². The van der Waals surface area contributed by atoms with E-state index in [4.69, 9.17) is 0 Å². The maximum Gasteiger partial charge on any atom is 0.274 e. The molecular weight excluding hydrogens is 346 g/mol. The summed E-state index contributed by atoms with van der Waals surface area (Å²) in [6.45, 7) is 3.89. The third-order valence-electron chi connectivity index (χ3n) is 2.78. The highest BCUT2D eigenvalue weighted by Gasteiger charge is 2.12. The number of aromatic nitrogens is 1. The quantitative estimate of drug-likeness (QED) is 0.806. The molecule has 112 valence electrons. The lowest BCUT2D eigenvalue weighted by Gasteiger charge is -2.08. The molecule has 5 nitrogen and oxygen atoms in total. The average molecular weight is 360 g/mol. The van der Waals surface area contributed by atoms with Gasteiger partial charge in [-0.05, 0) is 40.2 Å². The maximum atomic E-state index is 12.2. The fourth-order valence-corrected chi connectivity index (χ4v) is 2.10. The molecule has 0 atom stereocenters. The van der Waals surface area contributed by atoms with Crippen LogP contribution in [0.2, 0.25) is 0 Å². The van der Waals surface area contributed by atoms with Crippen molar-refractivity contribution in [3.63, 3.8) is 0 Å². The summed E-state index contributed by atoms with van der Waals surface area (Å²) >= 11 is 3.35. The Bertz CT molecular complexity index is 716. The van der Waals surface area contributed by atoms with Gasteiger partial charge in [0.2, 0.25) is 0 Å². The predicted molar refractivity (Wildman–Crippen MR) is 88.9 cm³/mol. The molecule has 0 saturated carbocycles. The van der Waals surface area contributed by atoms with E-state index in [9.17, 15) is 9.59 Å². The molecule has 1 aromatic carbocycles. The molecule has 0 fully saturated rings. The first kappa shape index (κ1) is 15.9. The first-order valence-corrected chi connectivity index (χ1v) is 7.32. The molecule has 22 heavy (non-hydrogen) atoms. The molecule has 0 aliphatic heterocycles. The molecule has 2 rings (SSSR count). The molecule has 1 heterocycles. The maximum absolute atomic E-state index is 12.2. The van der Waals surface area contributed by atoms with Gasteiger partial charge in [-0.3, -0.25) is 14.6 Å². The van der Waals surface area contributed by atoms with E-state index >= 15 is 0 Å². The lowest BCUT2D eigenvalue weighted by molar-refractivity contribution is 0.0958. The minimum absolute atomic E-state index is 0.169. The third-order valence-corrected chi connectivity index (χ3v) is 3.48. The Labute approximate surface area is 136 Å². The molecule has 0 bridgehead atoms. The van der Waals surface area contributed by atoms with Gasteiger partial charge >= 0.3 is 0 Å². The Morgan fingerprint density at radius 1 is 1.23 bits per heavy atom. The van der Waals surface area contributed by atoms with Crippen molar-refractivity contribution in [2.75, 3.05) is 11.9 Å². The van der Waals surface area contributed by atoms with Crippen molar-refractivity contribution >= 4 is 33.4 Å². The number of nitrogens with zero attached hydrogens (tertiary/aromatic N) is 1. The number of hydrogen-bond donors (Lipinski definition) is 2. The van der Waals surface area contributed by atoms with Gasteiger partial charge in [-0.1, -0.05) is 18.2 Å². The summed E-state index contributed by atoms with van der Waals surface area (Å²) in [5.74, 6) is -0.664. The van der Waals surface area contributed by atoms with Gasteiger partial charge in [0.1, 0.15) is 5.69 Å². The Hall–Kier alpha value is -2.47. The molecule has 0 aliphatic carbocycles. The van der Waals surface area contributed by atoms with Gasteiger partial charge in [0, 0.05) is 22.8 Å². The number of rotatable bonds is 5. The summed E-state index contributed by atoms with van der Waals surface area (Å²) in [6.07, 6.45) is 3.01. The molecule has 1 aromatic heterocycles. The summed E-state index contributed by atoms with van der Waals surface area (Å²) < 4.78 is 0.767. The number of pyridine rings is 1. The number of hydrogen-bond acceptors (Lipinski definition) is 3. The third kappa shape index (κ3) is 4.02. The van der Waals surface area contributed by atoms with Crippen LogP contribution in [0.5, 0.6) is 0 Å². The van der Waals surface area contributed by atoms with Crippen LogP contribution >= 0.6 is 15.9 Å². The molecule has 0 radical (unpaired) electrons. The van der Waals surface area contributed by atoms with Crippen LogP contribution in [0.4, 0.5) is 5.69 Å². The SMILES string of the molecule is C=CCNC(=O)c1ccnc(C(=O)Nc2ccccc2Br)c1. The van der Waals surface area contributed by atoms with Gasteiger partial charge in [-0.2, -0.15) is 0 Å². The zero-order chi connectivity index (χ0) is 15.9. The highest BCUT2D eigenvalue weighted by Crippen LogP contribution is 2.21. The van der Waals surface area contributed by atoms with E-state index in [2.05, 4.69) is 38.1 Å². The van der Waals surface area contributed by atoms with E-state index in [1.54, 1.807) is 18.2 Å². The van der Waals surface area contributed by atoms with Crippen LogP contribution in [0.3, 0.4) is 0 Å². The topological polar surface area (TPSA) is 71.1 Å². The van der Waals surface area contributed by atoms with Crippen molar-refractivity contribution in [2.45, 2.75) is 0 Å². The largest absolute Gasteiger partial charge is 0.349 e. The minimum atomic E-state index is -0.384. The lowest BCUT2D eigenvalue weighted by Crippen LogP contribution is -2.24. The number of amides is 2. The Kier molecular flexibility index (Phi) is 5.43. The van der Waals surface area contributed by atoms with Crippen molar-refractivity contribution in [3.8, 4) is 0 Å². The number of anilines is 1. The van der Waals surface area contributed by atoms with Gasteiger partial charge in [0.15, 0.2) is 0 Å². The molecule has 0 spiro atoms. The standard InChI is InChI=1S/C16H14BrN3O2/c1-2-8-19-15(21)11-7-9-18-14(10-11)16(22)20-13-6-4-3-5-12(13)17/h2-7,9-10H,1,8H2,(H,19,21)(H,20,22). The van der Waals surface area contributed by atoms with Gasteiger partial charge in [0.05, 0.1) is 5.69 Å². The minimum Gasteiger partial charge on any atom is -0.349 e. The monoisotopic (exact) mass is 359 g/mol. The van der Waals surface area contributed by atoms with Crippen LogP contribution in [0.25, 0.3) is 0 Å². The summed E-state index contributed by atoms with van der Waals surface area (Å²) in [6, 6.07) is 10.2. The zero-order valence-corrected chi connectivity index (χ0v) is 13.3. The normalized spacial score (nSPS) is 9.86. The van der Waals surface area contributed by atoms with Crippen LogP contribution in [0.15, 0.2) is 59.7 Å². The zero-order valence-electron chi connectivity index (χ0n) is 11.7. The summed E-state index contributed by atoms with van der Waals surface area (Å²) in [5.41, 5.74) is 1.17. The Morgan fingerprint density at radius 3 is 2.73 bits per heavy atom. The number of halogens is 1. The number of carbonyl (C=O) groups is 2. The molecule has 6 heteroatoms. The molecule has 2 amide bonds. The van der Waals surface area contributed by atoms with E-state index in [1.807, 2.05) is 18.2 Å². The fraction of sp³-hybridized carbons (Fsp3) is 0.0625. The summed E-state index contributed by atoms with van der Waals surface area (Å²) in [5, 5.41) is 5.39. The van der Waals surface area contributed by atoms with Gasteiger partial charge in [-0.25, -0.2) is 0 Å². The average Bonchev–Trinajstić information content (AvgIpc) is 2.54. The number of para-hydroxylation sites is 1. The van der Waals surface area contributed by atoms with E-state index in [0.717, 1.165) is 4.47 Å². The summed E-state index contributed by atoms with van der Waals surface area (Å²) in [4.78, 5) is 28.1. The van der Waals surface area contributed by atoms with Crippen LogP contribution in [0, 0.1) is 0 Å². The first-order valence-electron chi connectivity index (χ1n) is 6.53. The Morgan fingerprint density at radius 2 is 2.00 bits per heavy atom. The van der Waals surface area contributed by atoms with Crippen LogP contribution < -0.4 is 10.6 Å². The van der Waals surface area contributed by atoms with E-state index in [-0.39, 0.29) is 17.5 Å². The molecule has 2 N–H and O–H groups in total. The second kappa shape index (κ2) is 7.51. The molecular formula is C16H14BrN3O2. The van der Waals surface area contributed by atoms with E-state index in [0.29, 0.717) is 17.8 Å². The lowest BCUT2D eigenvalue weighted by atomic mass is 10.2. The Balaban J connectivity index is 2.15. The number of carbonyl (C=O) groups excluding carboxylic acids is 2. The van der Waals surface area contributed by atoms with Gasteiger partial charge < -0.3 is 10.6 Å².